The third-order valence-corrected chi connectivity index (χ3v) is 5.60. The topological polar surface area (TPSA) is 69.6 Å². The molecule has 1 heterocycles. The van der Waals surface area contributed by atoms with Crippen molar-refractivity contribution in [3.8, 4) is 0 Å². The molecule has 1 amide bonds. The van der Waals surface area contributed by atoms with Gasteiger partial charge in [0.1, 0.15) is 0 Å². The largest absolute Gasteiger partial charge is 0.378 e. The first-order valence-electron chi connectivity index (χ1n) is 9.04. The second-order valence-corrected chi connectivity index (χ2v) is 7.99. The third-order valence-electron chi connectivity index (χ3n) is 4.97. The molecule has 3 rings (SSSR count). The number of amides is 1. The highest BCUT2D eigenvalue weighted by Gasteiger charge is 2.49. The summed E-state index contributed by atoms with van der Waals surface area (Å²) in [5.74, 6) is -1.02. The predicted molar refractivity (Wildman–Crippen MR) is 113 cm³/mol. The van der Waals surface area contributed by atoms with E-state index in [1.807, 2.05) is 38.1 Å². The molecular formula is C21H22Cl2N2O3. The molecule has 1 atom stereocenters. The minimum atomic E-state index is -2.06. The summed E-state index contributed by atoms with van der Waals surface area (Å²) in [6, 6.07) is 8.61. The van der Waals surface area contributed by atoms with Crippen LogP contribution >= 0.6 is 23.2 Å². The number of aryl methyl sites for hydroxylation is 1. The number of Topliss-reactive ketones (excluding diaryl/α,β-unsaturated/α-hetero) is 1. The number of nitrogens with one attached hydrogen (secondary N) is 1. The quantitative estimate of drug-likeness (QED) is 0.678. The van der Waals surface area contributed by atoms with E-state index < -0.39 is 17.9 Å². The van der Waals surface area contributed by atoms with E-state index in [9.17, 15) is 14.7 Å². The van der Waals surface area contributed by atoms with Gasteiger partial charge in [-0.25, -0.2) is 0 Å². The Labute approximate surface area is 174 Å². The molecule has 1 aliphatic rings. The van der Waals surface area contributed by atoms with Crippen molar-refractivity contribution in [2.75, 3.05) is 24.3 Å². The van der Waals surface area contributed by atoms with Gasteiger partial charge in [-0.3, -0.25) is 9.59 Å². The zero-order valence-corrected chi connectivity index (χ0v) is 17.5. The van der Waals surface area contributed by atoms with E-state index in [2.05, 4.69) is 5.32 Å². The number of ketones is 1. The second-order valence-electron chi connectivity index (χ2n) is 7.18. The smallest absolute Gasteiger partial charge is 0.261 e. The zero-order chi connectivity index (χ0) is 20.6. The number of anilines is 2. The average Bonchev–Trinajstić information content (AvgIpc) is 2.90. The van der Waals surface area contributed by atoms with Crippen LogP contribution in [0.2, 0.25) is 10.0 Å². The summed E-state index contributed by atoms with van der Waals surface area (Å²) in [5, 5.41) is 14.1. The first-order valence-corrected chi connectivity index (χ1v) is 9.80. The van der Waals surface area contributed by atoms with Crippen LogP contribution in [0.3, 0.4) is 0 Å². The normalized spacial score (nSPS) is 18.0. The molecule has 7 heteroatoms. The van der Waals surface area contributed by atoms with Crippen molar-refractivity contribution in [1.82, 2.24) is 0 Å². The Morgan fingerprint density at radius 3 is 2.50 bits per heavy atom. The molecule has 0 fully saturated rings. The Morgan fingerprint density at radius 1 is 1.18 bits per heavy atom. The van der Waals surface area contributed by atoms with Crippen molar-refractivity contribution in [3.63, 3.8) is 0 Å². The van der Waals surface area contributed by atoms with Crippen molar-refractivity contribution in [3.05, 3.63) is 57.1 Å². The van der Waals surface area contributed by atoms with E-state index in [0.717, 1.165) is 24.1 Å². The summed E-state index contributed by atoms with van der Waals surface area (Å²) in [4.78, 5) is 27.6. The molecule has 148 valence electrons. The van der Waals surface area contributed by atoms with Gasteiger partial charge in [0, 0.05) is 35.9 Å². The van der Waals surface area contributed by atoms with Gasteiger partial charge in [-0.15, -0.1) is 0 Å². The van der Waals surface area contributed by atoms with Crippen LogP contribution in [-0.2, 0) is 16.8 Å². The highest BCUT2D eigenvalue weighted by molar-refractivity contribution is 6.38. The lowest BCUT2D eigenvalue weighted by molar-refractivity contribution is -0.133. The van der Waals surface area contributed by atoms with Crippen LogP contribution in [0.1, 0.15) is 41.3 Å². The standard InChI is InChI=1S/C21H22Cl2N2O3/c1-4-5-12-10-13(25(2)3)6-7-14(12)17(26)11-21(28)18-15(22)8-9-16(23)19(18)24-20(21)27/h6-10,28H,4-5,11H2,1-3H3,(H,24,27). The molecule has 5 nitrogen and oxygen atoms in total. The number of fused-ring (bicyclic) bond motifs is 1. The molecule has 0 spiro atoms. The van der Waals surface area contributed by atoms with Crippen LogP contribution in [0.5, 0.6) is 0 Å². The van der Waals surface area contributed by atoms with Crippen LogP contribution in [0.25, 0.3) is 0 Å². The summed E-state index contributed by atoms with van der Waals surface area (Å²) in [7, 11) is 3.86. The number of aliphatic hydroxyl groups is 1. The molecule has 0 saturated carbocycles. The van der Waals surface area contributed by atoms with Crippen molar-refractivity contribution in [1.29, 1.82) is 0 Å². The van der Waals surface area contributed by atoms with Gasteiger partial charge in [0.15, 0.2) is 11.4 Å². The van der Waals surface area contributed by atoms with Crippen LogP contribution in [0.15, 0.2) is 30.3 Å². The van der Waals surface area contributed by atoms with E-state index in [4.69, 9.17) is 23.2 Å². The zero-order valence-electron chi connectivity index (χ0n) is 16.0. The van der Waals surface area contributed by atoms with Gasteiger partial charge in [-0.1, -0.05) is 36.5 Å². The van der Waals surface area contributed by atoms with Gasteiger partial charge in [0.2, 0.25) is 0 Å². The number of hydrogen-bond acceptors (Lipinski definition) is 4. The Balaban J connectivity index is 2.00. The van der Waals surface area contributed by atoms with Gasteiger partial charge in [0.25, 0.3) is 5.91 Å². The van der Waals surface area contributed by atoms with Crippen molar-refractivity contribution >= 4 is 46.3 Å². The fourth-order valence-electron chi connectivity index (χ4n) is 3.51. The molecule has 1 unspecified atom stereocenters. The van der Waals surface area contributed by atoms with E-state index in [0.29, 0.717) is 5.56 Å². The Kier molecular flexibility index (Phi) is 5.71. The molecule has 0 saturated heterocycles. The maximum absolute atomic E-state index is 13.1. The highest BCUT2D eigenvalue weighted by Crippen LogP contribution is 2.46. The Hall–Kier alpha value is -2.08. The predicted octanol–water partition coefficient (Wildman–Crippen LogP) is 4.42. The summed E-state index contributed by atoms with van der Waals surface area (Å²) >= 11 is 12.4. The number of nitrogens with zero attached hydrogens (tertiary/aromatic N) is 1. The molecule has 2 N–H and O–H groups in total. The average molecular weight is 421 g/mol. The number of rotatable bonds is 6. The Morgan fingerprint density at radius 2 is 1.86 bits per heavy atom. The molecule has 28 heavy (non-hydrogen) atoms. The lowest BCUT2D eigenvalue weighted by Gasteiger charge is -2.22. The van der Waals surface area contributed by atoms with Crippen LogP contribution < -0.4 is 10.2 Å². The Bertz CT molecular complexity index is 959. The van der Waals surface area contributed by atoms with E-state index in [1.54, 1.807) is 6.07 Å². The number of halogens is 2. The lowest BCUT2D eigenvalue weighted by Crippen LogP contribution is -2.37. The second kappa shape index (κ2) is 7.74. The molecule has 2 aromatic rings. The van der Waals surface area contributed by atoms with Crippen LogP contribution in [0, 0.1) is 0 Å². The maximum Gasteiger partial charge on any atom is 0.261 e. The molecule has 0 aliphatic carbocycles. The number of carbonyl (C=O) groups is 2. The van der Waals surface area contributed by atoms with Gasteiger partial charge >= 0.3 is 0 Å². The van der Waals surface area contributed by atoms with Gasteiger partial charge < -0.3 is 15.3 Å². The summed E-state index contributed by atoms with van der Waals surface area (Å²) in [5.41, 5.74) is 0.724. The van der Waals surface area contributed by atoms with E-state index in [-0.39, 0.29) is 27.1 Å². The van der Waals surface area contributed by atoms with Crippen LogP contribution in [-0.4, -0.2) is 30.9 Å². The molecule has 0 bridgehead atoms. The maximum atomic E-state index is 13.1. The van der Waals surface area contributed by atoms with Crippen molar-refractivity contribution < 1.29 is 14.7 Å². The van der Waals surface area contributed by atoms with Gasteiger partial charge in [-0.05, 0) is 42.3 Å². The summed E-state index contributed by atoms with van der Waals surface area (Å²) < 4.78 is 0. The summed E-state index contributed by atoms with van der Waals surface area (Å²) in [6.45, 7) is 2.03. The van der Waals surface area contributed by atoms with Gasteiger partial charge in [0.05, 0.1) is 17.1 Å². The molecule has 0 aromatic heterocycles. The fourth-order valence-corrected chi connectivity index (χ4v) is 4.03. The minimum absolute atomic E-state index is 0.155. The number of carbonyl (C=O) groups excluding carboxylic acids is 2. The monoisotopic (exact) mass is 420 g/mol. The summed E-state index contributed by atoms with van der Waals surface area (Å²) in [6.07, 6.45) is 1.17. The molecule has 1 aliphatic heterocycles. The number of benzene rings is 2. The SMILES string of the molecule is CCCc1cc(N(C)C)ccc1C(=O)CC1(O)C(=O)Nc2c(Cl)ccc(Cl)c21. The van der Waals surface area contributed by atoms with E-state index >= 15 is 0 Å². The molecular weight excluding hydrogens is 399 g/mol. The molecule has 2 aromatic carbocycles. The lowest BCUT2D eigenvalue weighted by atomic mass is 9.86. The molecule has 0 radical (unpaired) electrons. The first-order chi connectivity index (χ1) is 13.2. The van der Waals surface area contributed by atoms with Gasteiger partial charge in [-0.2, -0.15) is 0 Å². The van der Waals surface area contributed by atoms with Crippen molar-refractivity contribution in [2.24, 2.45) is 0 Å². The fraction of sp³-hybridized carbons (Fsp3) is 0.333. The number of hydrogen-bond donors (Lipinski definition) is 2. The minimum Gasteiger partial charge on any atom is -0.378 e. The van der Waals surface area contributed by atoms with Crippen LogP contribution in [0.4, 0.5) is 11.4 Å². The third kappa shape index (κ3) is 3.50. The van der Waals surface area contributed by atoms with E-state index in [1.165, 1.54) is 12.1 Å². The first kappa shape index (κ1) is 20.6. The van der Waals surface area contributed by atoms with Crippen molar-refractivity contribution in [2.45, 2.75) is 31.8 Å². The highest BCUT2D eigenvalue weighted by atomic mass is 35.5.